The molecule has 0 unspecified atom stereocenters. The van der Waals surface area contributed by atoms with Gasteiger partial charge in [-0.05, 0) is 93.2 Å². The Morgan fingerprint density at radius 2 is 1.31 bits per heavy atom. The Morgan fingerprint density at radius 1 is 0.716 bits per heavy atom. The number of likely N-dealkylation sites (tertiary alicyclic amines) is 1. The van der Waals surface area contributed by atoms with Gasteiger partial charge >= 0.3 is 5.97 Å². The second-order valence-corrected chi connectivity index (χ2v) is 19.8. The molecule has 5 atom stereocenters. The van der Waals surface area contributed by atoms with Crippen molar-refractivity contribution < 1.29 is 51.6 Å². The van der Waals surface area contributed by atoms with Crippen molar-refractivity contribution in [1.29, 1.82) is 0 Å². The van der Waals surface area contributed by atoms with Gasteiger partial charge in [-0.1, -0.05) is 93.9 Å². The zero-order valence-corrected chi connectivity index (χ0v) is 40.2. The molecule has 3 aromatic carbocycles. The van der Waals surface area contributed by atoms with Crippen LogP contribution < -0.4 is 26.6 Å². The number of hydrogen-bond donors (Lipinski definition) is 7. The van der Waals surface area contributed by atoms with Gasteiger partial charge < -0.3 is 36.6 Å². The molecular weight excluding hydrogens is 881 g/mol. The molecule has 366 valence electrons. The summed E-state index contributed by atoms with van der Waals surface area (Å²) in [6.45, 7) is 11.1. The molecule has 3 aromatic rings. The van der Waals surface area contributed by atoms with Gasteiger partial charge in [-0.2, -0.15) is 8.42 Å². The minimum atomic E-state index is -4.28. The lowest BCUT2D eigenvalue weighted by Gasteiger charge is -2.31. The molecule has 1 heterocycles. The number of rotatable bonds is 24. The van der Waals surface area contributed by atoms with Crippen molar-refractivity contribution in [2.75, 3.05) is 6.54 Å². The van der Waals surface area contributed by atoms with E-state index in [1.807, 2.05) is 63.2 Å². The summed E-state index contributed by atoms with van der Waals surface area (Å²) < 4.78 is 32.2. The first kappa shape index (κ1) is 53.7. The van der Waals surface area contributed by atoms with Crippen molar-refractivity contribution in [2.24, 2.45) is 5.92 Å². The van der Waals surface area contributed by atoms with E-state index in [1.54, 1.807) is 32.9 Å². The van der Waals surface area contributed by atoms with Crippen LogP contribution in [0, 0.1) is 5.92 Å². The minimum absolute atomic E-state index is 0.00406. The lowest BCUT2D eigenvalue weighted by atomic mass is 9.97. The Labute approximate surface area is 393 Å². The lowest BCUT2D eigenvalue weighted by molar-refractivity contribution is -0.142. The lowest BCUT2D eigenvalue weighted by Crippen LogP contribution is -2.59. The Bertz CT molecular complexity index is 2320. The van der Waals surface area contributed by atoms with Gasteiger partial charge in [0.05, 0.1) is 0 Å². The number of carbonyl (C=O) groups is 7. The summed E-state index contributed by atoms with van der Waals surface area (Å²) in [6.07, 6.45) is 2.39. The molecule has 7 N–H and O–H groups in total. The Hall–Kier alpha value is -5.88. The van der Waals surface area contributed by atoms with Crippen molar-refractivity contribution in [1.82, 2.24) is 31.5 Å². The molecule has 0 saturated carbocycles. The molecule has 0 radical (unpaired) electrons. The van der Waals surface area contributed by atoms with E-state index < -0.39 is 87.1 Å². The summed E-state index contributed by atoms with van der Waals surface area (Å²) in [5.74, 6) is -5.30. The first-order valence-electron chi connectivity index (χ1n) is 23.2. The molecular formula is C49H68N6O11S. The number of benzene rings is 3. The van der Waals surface area contributed by atoms with Gasteiger partial charge in [0, 0.05) is 37.3 Å². The monoisotopic (exact) mass is 948 g/mol. The fourth-order valence-corrected chi connectivity index (χ4v) is 8.93. The van der Waals surface area contributed by atoms with Crippen LogP contribution in [0.2, 0.25) is 0 Å². The molecule has 6 amide bonds. The summed E-state index contributed by atoms with van der Waals surface area (Å²) in [5.41, 5.74) is 0.987. The highest BCUT2D eigenvalue weighted by Gasteiger charge is 2.40. The van der Waals surface area contributed by atoms with Crippen LogP contribution in [0.1, 0.15) is 116 Å². The molecule has 0 aromatic heterocycles. The first-order chi connectivity index (χ1) is 31.6. The molecule has 18 heteroatoms. The first-order valence-corrected chi connectivity index (χ1v) is 24.8. The van der Waals surface area contributed by atoms with Crippen molar-refractivity contribution >= 4 is 62.3 Å². The van der Waals surface area contributed by atoms with Crippen LogP contribution in [0.4, 0.5) is 0 Å². The SMILES string of the molecule is CCC[C@H](NC(=O)[C@H](Cc1ccc(CS(=O)(=O)O)cc1)NC(=O)C(CC)CC)C(=O)N1CCC[C@H]1C(=O)N[C@@H](Cc1cccc2ccccc12)C(=O)N[C@@H](CCCC(=O)O)C(=O)NC(C)(C)C. The topological polar surface area (TPSA) is 257 Å². The van der Waals surface area contributed by atoms with Crippen LogP contribution in [0.5, 0.6) is 0 Å². The highest BCUT2D eigenvalue weighted by atomic mass is 32.2. The zero-order chi connectivity index (χ0) is 49.5. The van der Waals surface area contributed by atoms with E-state index in [9.17, 15) is 51.6 Å². The van der Waals surface area contributed by atoms with E-state index in [4.69, 9.17) is 0 Å². The highest BCUT2D eigenvalue weighted by Crippen LogP contribution is 2.23. The maximum absolute atomic E-state index is 14.5. The third kappa shape index (κ3) is 16.7. The fourth-order valence-electron chi connectivity index (χ4n) is 8.32. The second-order valence-electron chi connectivity index (χ2n) is 18.4. The largest absolute Gasteiger partial charge is 0.481 e. The molecule has 0 bridgehead atoms. The number of amides is 6. The average Bonchev–Trinajstić information content (AvgIpc) is 3.75. The molecule has 1 fully saturated rings. The number of carboxylic acid groups (broad SMARTS) is 1. The number of aliphatic carboxylic acids is 1. The van der Waals surface area contributed by atoms with Gasteiger partial charge in [-0.3, -0.25) is 38.1 Å². The third-order valence-electron chi connectivity index (χ3n) is 11.8. The van der Waals surface area contributed by atoms with Gasteiger partial charge in [0.1, 0.15) is 36.0 Å². The molecule has 1 aliphatic rings. The van der Waals surface area contributed by atoms with E-state index in [-0.39, 0.29) is 63.3 Å². The van der Waals surface area contributed by atoms with E-state index >= 15 is 0 Å². The van der Waals surface area contributed by atoms with Gasteiger partial charge in [0.2, 0.25) is 35.4 Å². The van der Waals surface area contributed by atoms with Crippen LogP contribution in [0.3, 0.4) is 0 Å². The quantitative estimate of drug-likeness (QED) is 0.0622. The maximum Gasteiger partial charge on any atom is 0.303 e. The molecule has 1 aliphatic heterocycles. The number of hydrogen-bond acceptors (Lipinski definition) is 9. The van der Waals surface area contributed by atoms with Crippen LogP contribution >= 0.6 is 0 Å². The van der Waals surface area contributed by atoms with Crippen molar-refractivity contribution in [3.63, 3.8) is 0 Å². The fraction of sp³-hybridized carbons (Fsp3) is 0.531. The van der Waals surface area contributed by atoms with Gasteiger partial charge in [-0.25, -0.2) is 0 Å². The van der Waals surface area contributed by atoms with E-state index in [2.05, 4.69) is 26.6 Å². The summed E-state index contributed by atoms with van der Waals surface area (Å²) >= 11 is 0. The second kappa shape index (κ2) is 24.8. The van der Waals surface area contributed by atoms with Crippen LogP contribution in [0.25, 0.3) is 10.8 Å². The Balaban J connectivity index is 1.60. The van der Waals surface area contributed by atoms with E-state index in [1.165, 1.54) is 17.0 Å². The summed E-state index contributed by atoms with van der Waals surface area (Å²) in [5, 5.41) is 25.3. The number of carbonyl (C=O) groups excluding carboxylic acids is 6. The van der Waals surface area contributed by atoms with Gasteiger partial charge in [0.25, 0.3) is 10.1 Å². The van der Waals surface area contributed by atoms with Crippen LogP contribution in [-0.4, -0.2) is 107 Å². The number of nitrogens with zero attached hydrogens (tertiary/aromatic N) is 1. The summed E-state index contributed by atoms with van der Waals surface area (Å²) in [7, 11) is -4.28. The van der Waals surface area contributed by atoms with Crippen LogP contribution in [0.15, 0.2) is 66.7 Å². The molecule has 4 rings (SSSR count). The van der Waals surface area contributed by atoms with Crippen molar-refractivity contribution in [2.45, 2.75) is 154 Å². The summed E-state index contributed by atoms with van der Waals surface area (Å²) in [4.78, 5) is 97.0. The third-order valence-corrected chi connectivity index (χ3v) is 12.5. The predicted octanol–water partition coefficient (Wildman–Crippen LogP) is 4.35. The number of fused-ring (bicyclic) bond motifs is 1. The molecule has 1 saturated heterocycles. The molecule has 17 nitrogen and oxygen atoms in total. The van der Waals surface area contributed by atoms with E-state index in [0.29, 0.717) is 36.8 Å². The van der Waals surface area contributed by atoms with Crippen molar-refractivity contribution in [3.8, 4) is 0 Å². The van der Waals surface area contributed by atoms with E-state index in [0.717, 1.165) is 16.3 Å². The van der Waals surface area contributed by atoms with Crippen LogP contribution in [-0.2, 0) is 62.3 Å². The zero-order valence-electron chi connectivity index (χ0n) is 39.4. The predicted molar refractivity (Wildman–Crippen MR) is 254 cm³/mol. The number of carboxylic acids is 1. The standard InChI is InChI=1S/C49H68N6O11S/c1-7-15-38(51-44(59)39(52-43(58)33(8-2)9-3)28-31-23-25-32(26-24-31)30-67(64,65)66)48(63)55-27-14-21-41(55)47(62)53-40(29-35-18-12-17-34-16-10-11-19-36(34)35)45(60)50-37(20-13-22-42(56)57)46(61)54-49(4,5)6/h10-12,16-19,23-26,33,37-41H,7-9,13-15,20-22,27-30H2,1-6H3,(H,50,60)(H,51,59)(H,52,58)(H,53,62)(H,54,61)(H,56,57)(H,64,65,66)/t37-,38-,39-,40-,41-/m0/s1. The normalized spacial score (nSPS) is 15.8. The Kier molecular flexibility index (Phi) is 19.9. The molecule has 0 spiro atoms. The highest BCUT2D eigenvalue weighted by molar-refractivity contribution is 7.85. The van der Waals surface area contributed by atoms with Gasteiger partial charge in [-0.15, -0.1) is 0 Å². The smallest absolute Gasteiger partial charge is 0.303 e. The Morgan fingerprint density at radius 3 is 1.93 bits per heavy atom. The van der Waals surface area contributed by atoms with Crippen molar-refractivity contribution in [3.05, 3.63) is 83.4 Å². The maximum atomic E-state index is 14.5. The average molecular weight is 949 g/mol. The van der Waals surface area contributed by atoms with Gasteiger partial charge in [0.15, 0.2) is 0 Å². The minimum Gasteiger partial charge on any atom is -0.481 e. The number of nitrogens with one attached hydrogen (secondary N) is 5. The summed E-state index contributed by atoms with van der Waals surface area (Å²) in [6, 6.07) is 13.8. The molecule has 67 heavy (non-hydrogen) atoms. The molecule has 0 aliphatic carbocycles.